The molecule has 128 valence electrons. The van der Waals surface area contributed by atoms with Crippen LogP contribution in [0.5, 0.6) is 0 Å². The van der Waals surface area contributed by atoms with Gasteiger partial charge in [0.2, 0.25) is 0 Å². The van der Waals surface area contributed by atoms with Crippen LogP contribution in [0.4, 0.5) is 0 Å². The van der Waals surface area contributed by atoms with Crippen molar-refractivity contribution in [3.8, 4) is 0 Å². The maximum atomic E-state index is 12.2. The molecule has 0 spiro atoms. The molecule has 2 aromatic rings. The lowest BCUT2D eigenvalue weighted by Gasteiger charge is -2.15. The Bertz CT molecular complexity index is 923. The molecule has 0 saturated heterocycles. The molecular weight excluding hydrogens is 318 g/mol. The molecule has 0 bridgehead atoms. The van der Waals surface area contributed by atoms with Gasteiger partial charge in [-0.25, -0.2) is 9.78 Å². The molecule has 25 heavy (non-hydrogen) atoms. The van der Waals surface area contributed by atoms with Gasteiger partial charge < -0.3 is 15.0 Å². The van der Waals surface area contributed by atoms with Crippen LogP contribution in [0.25, 0.3) is 11.0 Å². The minimum absolute atomic E-state index is 0.0441. The summed E-state index contributed by atoms with van der Waals surface area (Å²) in [6.45, 7) is 1.32. The van der Waals surface area contributed by atoms with Gasteiger partial charge in [-0.15, -0.1) is 0 Å². The highest BCUT2D eigenvalue weighted by molar-refractivity contribution is 6.05. The van der Waals surface area contributed by atoms with Crippen LogP contribution in [-0.4, -0.2) is 33.1 Å². The van der Waals surface area contributed by atoms with Crippen molar-refractivity contribution in [1.29, 1.82) is 0 Å². The Balaban J connectivity index is 1.56. The predicted octanol–water partition coefficient (Wildman–Crippen LogP) is 2.30. The van der Waals surface area contributed by atoms with E-state index in [1.54, 1.807) is 12.2 Å². The predicted molar refractivity (Wildman–Crippen MR) is 93.4 cm³/mol. The lowest BCUT2D eigenvalue weighted by Crippen LogP contribution is -2.24. The lowest BCUT2D eigenvalue weighted by molar-refractivity contribution is -0.132. The van der Waals surface area contributed by atoms with E-state index in [1.807, 2.05) is 24.3 Å². The fraction of sp³-hybridized carbons (Fsp3) is 0.316. The number of nitrogens with one attached hydrogen (secondary N) is 1. The largest absolute Gasteiger partial charge is 0.478 e. The molecule has 1 aliphatic carbocycles. The number of hydrogen-bond acceptors (Lipinski definition) is 3. The quantitative estimate of drug-likeness (QED) is 0.896. The van der Waals surface area contributed by atoms with Gasteiger partial charge in [0.25, 0.3) is 5.91 Å². The third-order valence-corrected chi connectivity index (χ3v) is 4.89. The van der Waals surface area contributed by atoms with Crippen molar-refractivity contribution in [3.05, 3.63) is 53.4 Å². The van der Waals surface area contributed by atoms with Gasteiger partial charge in [-0.05, 0) is 30.9 Å². The number of amides is 1. The molecule has 1 unspecified atom stereocenters. The van der Waals surface area contributed by atoms with E-state index < -0.39 is 5.97 Å². The van der Waals surface area contributed by atoms with Crippen LogP contribution in [0.1, 0.15) is 29.0 Å². The van der Waals surface area contributed by atoms with Crippen LogP contribution in [-0.2, 0) is 17.8 Å². The summed E-state index contributed by atoms with van der Waals surface area (Å²) in [6.07, 6.45) is 7.89. The molecular formula is C19H19N3O3. The highest BCUT2D eigenvalue weighted by Crippen LogP contribution is 2.26. The Morgan fingerprint density at radius 1 is 1.40 bits per heavy atom. The zero-order valence-corrected chi connectivity index (χ0v) is 13.7. The van der Waals surface area contributed by atoms with Gasteiger partial charge in [0.05, 0.1) is 22.2 Å². The molecule has 6 heteroatoms. The number of nitrogens with zero attached hydrogens (tertiary/aromatic N) is 2. The number of aliphatic carboxylic acids is 1. The van der Waals surface area contributed by atoms with Crippen LogP contribution in [0.3, 0.4) is 0 Å². The molecule has 6 nitrogen and oxygen atoms in total. The summed E-state index contributed by atoms with van der Waals surface area (Å²) >= 11 is 0. The van der Waals surface area contributed by atoms with Crippen LogP contribution >= 0.6 is 0 Å². The molecule has 0 radical (unpaired) electrons. The third kappa shape index (κ3) is 2.84. The molecule has 2 heterocycles. The number of aromatic nitrogens is 2. The molecule has 2 N–H and O–H groups in total. The lowest BCUT2D eigenvalue weighted by atomic mass is 9.92. The molecule has 1 amide bonds. The minimum Gasteiger partial charge on any atom is -0.478 e. The monoisotopic (exact) mass is 337 g/mol. The third-order valence-electron chi connectivity index (χ3n) is 4.89. The van der Waals surface area contributed by atoms with Gasteiger partial charge >= 0.3 is 5.97 Å². The first-order chi connectivity index (χ1) is 12.1. The molecule has 1 aromatic carbocycles. The number of benzene rings is 1. The number of carboxylic acids is 1. The van der Waals surface area contributed by atoms with E-state index in [-0.39, 0.29) is 5.91 Å². The van der Waals surface area contributed by atoms with Crippen molar-refractivity contribution < 1.29 is 14.7 Å². The minimum atomic E-state index is -0.875. The first-order valence-corrected chi connectivity index (χ1v) is 8.51. The van der Waals surface area contributed by atoms with Crippen LogP contribution in [0.15, 0.2) is 42.0 Å². The number of carbonyl (C=O) groups excluding carboxylic acids is 1. The highest BCUT2D eigenvalue weighted by Gasteiger charge is 2.21. The fourth-order valence-corrected chi connectivity index (χ4v) is 3.58. The Hall–Kier alpha value is -2.89. The SMILES string of the molecule is O=C(O)C1=CCC(CCc2nc3cccc4c3n2CCNC4=O)C=C1. The van der Waals surface area contributed by atoms with Crippen molar-refractivity contribution in [1.82, 2.24) is 14.9 Å². The van der Waals surface area contributed by atoms with Crippen molar-refractivity contribution in [3.63, 3.8) is 0 Å². The highest BCUT2D eigenvalue weighted by atomic mass is 16.4. The maximum Gasteiger partial charge on any atom is 0.335 e. The topological polar surface area (TPSA) is 84.2 Å². The Morgan fingerprint density at radius 2 is 2.28 bits per heavy atom. The second-order valence-electron chi connectivity index (χ2n) is 6.47. The standard InChI is InChI=1S/C19H19N3O3/c23-18-14-2-1-3-15-17(14)22(11-10-20-18)16(21-15)9-6-12-4-7-13(8-5-12)19(24)25/h1-4,7-8,12H,5-6,9-11H2,(H,20,23)(H,24,25). The van der Waals surface area contributed by atoms with Crippen LogP contribution < -0.4 is 5.32 Å². The molecule has 1 aromatic heterocycles. The molecule has 2 aliphatic rings. The fourth-order valence-electron chi connectivity index (χ4n) is 3.58. The normalized spacial score (nSPS) is 19.4. The number of rotatable bonds is 4. The number of hydrogen-bond donors (Lipinski definition) is 2. The van der Waals surface area contributed by atoms with Crippen molar-refractivity contribution in [2.45, 2.75) is 25.8 Å². The van der Waals surface area contributed by atoms with Gasteiger partial charge in [0.15, 0.2) is 0 Å². The van der Waals surface area contributed by atoms with E-state index in [0.29, 0.717) is 23.6 Å². The van der Waals surface area contributed by atoms with Gasteiger partial charge in [-0.3, -0.25) is 4.79 Å². The number of carbonyl (C=O) groups is 2. The van der Waals surface area contributed by atoms with Crippen molar-refractivity contribution in [2.24, 2.45) is 5.92 Å². The first-order valence-electron chi connectivity index (χ1n) is 8.51. The van der Waals surface area contributed by atoms with Crippen LogP contribution in [0.2, 0.25) is 0 Å². The number of para-hydroxylation sites is 1. The van der Waals surface area contributed by atoms with Gasteiger partial charge in [-0.1, -0.05) is 24.3 Å². The first kappa shape index (κ1) is 15.6. The van der Waals surface area contributed by atoms with E-state index in [4.69, 9.17) is 10.1 Å². The zero-order chi connectivity index (χ0) is 17.4. The van der Waals surface area contributed by atoms with Gasteiger partial charge in [-0.2, -0.15) is 0 Å². The summed E-state index contributed by atoms with van der Waals surface area (Å²) in [5, 5.41) is 11.9. The molecule has 4 rings (SSSR count). The maximum absolute atomic E-state index is 12.2. The summed E-state index contributed by atoms with van der Waals surface area (Å²) in [7, 11) is 0. The van der Waals surface area contributed by atoms with Crippen molar-refractivity contribution >= 4 is 22.9 Å². The average molecular weight is 337 g/mol. The summed E-state index contributed by atoms with van der Waals surface area (Å²) in [5.74, 6) is 0.387. The summed E-state index contributed by atoms with van der Waals surface area (Å²) < 4.78 is 2.15. The van der Waals surface area contributed by atoms with Gasteiger partial charge in [0.1, 0.15) is 5.82 Å². The Kier molecular flexibility index (Phi) is 3.87. The Morgan fingerprint density at radius 3 is 3.04 bits per heavy atom. The van der Waals surface area contributed by atoms with E-state index in [2.05, 4.69) is 9.88 Å². The molecule has 0 fully saturated rings. The average Bonchev–Trinajstić information content (AvgIpc) is 2.88. The van der Waals surface area contributed by atoms with Gasteiger partial charge in [0, 0.05) is 19.5 Å². The molecule has 0 saturated carbocycles. The van der Waals surface area contributed by atoms with E-state index in [1.165, 1.54) is 0 Å². The second-order valence-corrected chi connectivity index (χ2v) is 6.47. The Labute approximate surface area is 144 Å². The number of carboxylic acid groups (broad SMARTS) is 1. The zero-order valence-electron chi connectivity index (χ0n) is 13.7. The smallest absolute Gasteiger partial charge is 0.335 e. The second kappa shape index (κ2) is 6.20. The van der Waals surface area contributed by atoms with E-state index in [0.717, 1.165) is 42.7 Å². The molecule has 1 aliphatic heterocycles. The van der Waals surface area contributed by atoms with Crippen LogP contribution in [0, 0.1) is 5.92 Å². The van der Waals surface area contributed by atoms with E-state index in [9.17, 15) is 9.59 Å². The summed E-state index contributed by atoms with van der Waals surface area (Å²) in [6, 6.07) is 5.65. The number of aryl methyl sites for hydroxylation is 1. The summed E-state index contributed by atoms with van der Waals surface area (Å²) in [4.78, 5) is 27.9. The van der Waals surface area contributed by atoms with E-state index >= 15 is 0 Å². The number of allylic oxidation sites excluding steroid dienone is 2. The van der Waals surface area contributed by atoms with Crippen molar-refractivity contribution in [2.75, 3.05) is 6.54 Å². The number of imidazole rings is 1. The summed E-state index contributed by atoms with van der Waals surface area (Å²) in [5.41, 5.74) is 2.82. The molecule has 1 atom stereocenters.